The second-order valence-corrected chi connectivity index (χ2v) is 11.0. The fourth-order valence-electron chi connectivity index (χ4n) is 6.20. The summed E-state index contributed by atoms with van der Waals surface area (Å²) >= 11 is 3.47. The summed E-state index contributed by atoms with van der Waals surface area (Å²) < 4.78 is 6.33. The lowest BCUT2D eigenvalue weighted by molar-refractivity contribution is -0.160. The number of likely N-dealkylation sites (tertiary alicyclic amines) is 1. The highest BCUT2D eigenvalue weighted by atomic mass is 79.9. The first-order valence-electron chi connectivity index (χ1n) is 12.4. The van der Waals surface area contributed by atoms with E-state index < -0.39 is 24.5 Å². The lowest BCUT2D eigenvalue weighted by Gasteiger charge is -2.26. The molecule has 36 heavy (non-hydrogen) atoms. The van der Waals surface area contributed by atoms with Crippen molar-refractivity contribution < 1.29 is 23.9 Å². The minimum Gasteiger partial charge on any atom is -0.454 e. The van der Waals surface area contributed by atoms with Gasteiger partial charge in [0.05, 0.1) is 11.8 Å². The Morgan fingerprint density at radius 1 is 1.00 bits per heavy atom. The number of carbonyl (C=O) groups excluding carboxylic acids is 4. The maximum absolute atomic E-state index is 13.4. The SMILES string of the molecule is Cc1c(Br)ccc(NC(=O)COC(=O)[C@@H](Cc2ccccc2)N2C(=O)[C@@H]3[C@H]4CC[C@@H](C4)[C@@H]3C2=O)c1C. The number of nitrogens with zero attached hydrogens (tertiary/aromatic N) is 1. The largest absolute Gasteiger partial charge is 0.454 e. The van der Waals surface area contributed by atoms with Gasteiger partial charge in [-0.15, -0.1) is 0 Å². The van der Waals surface area contributed by atoms with Crippen LogP contribution in [0.4, 0.5) is 5.69 Å². The molecule has 3 fully saturated rings. The number of halogens is 1. The van der Waals surface area contributed by atoms with Crippen molar-refractivity contribution in [2.75, 3.05) is 11.9 Å². The summed E-state index contributed by atoms with van der Waals surface area (Å²) in [7, 11) is 0. The van der Waals surface area contributed by atoms with Crippen molar-refractivity contribution in [3.8, 4) is 0 Å². The molecule has 3 amide bonds. The summed E-state index contributed by atoms with van der Waals surface area (Å²) in [5.41, 5.74) is 3.34. The Morgan fingerprint density at radius 3 is 2.28 bits per heavy atom. The van der Waals surface area contributed by atoms with Crippen LogP contribution < -0.4 is 5.32 Å². The number of hydrogen-bond acceptors (Lipinski definition) is 5. The first kappa shape index (κ1) is 24.7. The van der Waals surface area contributed by atoms with E-state index in [0.29, 0.717) is 5.69 Å². The third-order valence-corrected chi connectivity index (χ3v) is 9.02. The van der Waals surface area contributed by atoms with Crippen LogP contribution in [-0.4, -0.2) is 41.2 Å². The van der Waals surface area contributed by atoms with E-state index in [1.54, 1.807) is 6.07 Å². The molecule has 1 heterocycles. The molecule has 7 nitrogen and oxygen atoms in total. The number of ether oxygens (including phenoxy) is 1. The Morgan fingerprint density at radius 2 is 1.64 bits per heavy atom. The van der Waals surface area contributed by atoms with E-state index in [2.05, 4.69) is 21.2 Å². The molecule has 3 aliphatic rings. The lowest BCUT2D eigenvalue weighted by Crippen LogP contribution is -2.48. The van der Waals surface area contributed by atoms with Gasteiger partial charge in [0.25, 0.3) is 5.91 Å². The molecule has 5 rings (SSSR count). The average Bonchev–Trinajstić information content (AvgIpc) is 3.56. The van der Waals surface area contributed by atoms with Gasteiger partial charge in [0.15, 0.2) is 6.61 Å². The Kier molecular flexibility index (Phi) is 6.72. The maximum atomic E-state index is 13.4. The number of nitrogens with one attached hydrogen (secondary N) is 1. The van der Waals surface area contributed by atoms with Gasteiger partial charge in [0.1, 0.15) is 6.04 Å². The van der Waals surface area contributed by atoms with Gasteiger partial charge in [0.2, 0.25) is 11.8 Å². The zero-order chi connectivity index (χ0) is 25.6. The van der Waals surface area contributed by atoms with Gasteiger partial charge < -0.3 is 10.1 Å². The second-order valence-electron chi connectivity index (χ2n) is 10.1. The smallest absolute Gasteiger partial charge is 0.330 e. The molecule has 0 radical (unpaired) electrons. The van der Waals surface area contributed by atoms with Gasteiger partial charge in [-0.3, -0.25) is 19.3 Å². The molecule has 188 valence electrons. The third kappa shape index (κ3) is 4.36. The topological polar surface area (TPSA) is 92.8 Å². The van der Waals surface area contributed by atoms with Gasteiger partial charge in [-0.25, -0.2) is 4.79 Å². The molecule has 0 aromatic heterocycles. The normalized spacial score (nSPS) is 25.1. The van der Waals surface area contributed by atoms with E-state index in [9.17, 15) is 19.2 Å². The highest BCUT2D eigenvalue weighted by Gasteiger charge is 2.62. The molecule has 5 atom stereocenters. The van der Waals surface area contributed by atoms with E-state index in [4.69, 9.17) is 4.74 Å². The van der Waals surface area contributed by atoms with Crippen molar-refractivity contribution in [3.63, 3.8) is 0 Å². The van der Waals surface area contributed by atoms with Crippen molar-refractivity contribution in [3.05, 3.63) is 63.6 Å². The number of fused-ring (bicyclic) bond motifs is 5. The minimum atomic E-state index is -1.10. The molecule has 2 bridgehead atoms. The van der Waals surface area contributed by atoms with Crippen molar-refractivity contribution >= 4 is 45.3 Å². The van der Waals surface area contributed by atoms with Crippen LogP contribution in [0.25, 0.3) is 0 Å². The molecular weight excluding hydrogens is 524 g/mol. The van der Waals surface area contributed by atoms with Crippen LogP contribution in [-0.2, 0) is 30.3 Å². The predicted molar refractivity (Wildman–Crippen MR) is 137 cm³/mol. The van der Waals surface area contributed by atoms with E-state index in [-0.39, 0.29) is 41.9 Å². The predicted octanol–water partition coefficient (Wildman–Crippen LogP) is 4.19. The zero-order valence-corrected chi connectivity index (χ0v) is 21.9. The summed E-state index contributed by atoms with van der Waals surface area (Å²) in [6.45, 7) is 3.33. The first-order valence-corrected chi connectivity index (χ1v) is 13.2. The van der Waals surface area contributed by atoms with Gasteiger partial charge in [-0.1, -0.05) is 46.3 Å². The quantitative estimate of drug-likeness (QED) is 0.410. The van der Waals surface area contributed by atoms with Crippen LogP contribution in [0.1, 0.15) is 36.0 Å². The third-order valence-electron chi connectivity index (χ3n) is 8.16. The van der Waals surface area contributed by atoms with Gasteiger partial charge in [-0.05, 0) is 73.8 Å². The number of imide groups is 1. The van der Waals surface area contributed by atoms with Crippen LogP contribution in [0.2, 0.25) is 0 Å². The molecule has 0 unspecified atom stereocenters. The summed E-state index contributed by atoms with van der Waals surface area (Å²) in [6, 6.07) is 11.8. The number of carbonyl (C=O) groups is 4. The molecule has 2 aliphatic carbocycles. The number of amides is 3. The molecule has 0 spiro atoms. The highest BCUT2D eigenvalue weighted by Crippen LogP contribution is 2.56. The molecular formula is C28H29BrN2O5. The van der Waals surface area contributed by atoms with Crippen molar-refractivity contribution in [1.29, 1.82) is 0 Å². The van der Waals surface area contributed by atoms with Crippen molar-refractivity contribution in [1.82, 2.24) is 4.90 Å². The van der Waals surface area contributed by atoms with Crippen LogP contribution in [0, 0.1) is 37.5 Å². The number of benzene rings is 2. The van der Waals surface area contributed by atoms with Crippen LogP contribution >= 0.6 is 15.9 Å². The molecule has 1 saturated heterocycles. The Bertz CT molecular complexity index is 1200. The lowest BCUT2D eigenvalue weighted by atomic mass is 9.81. The van der Waals surface area contributed by atoms with Gasteiger partial charge >= 0.3 is 5.97 Å². The molecule has 2 aromatic rings. The molecule has 8 heteroatoms. The van der Waals surface area contributed by atoms with E-state index in [1.165, 1.54) is 0 Å². The van der Waals surface area contributed by atoms with Crippen LogP contribution in [0.15, 0.2) is 46.9 Å². The van der Waals surface area contributed by atoms with Crippen LogP contribution in [0.5, 0.6) is 0 Å². The number of esters is 1. The van der Waals surface area contributed by atoms with E-state index in [0.717, 1.165) is 45.3 Å². The number of hydrogen-bond donors (Lipinski definition) is 1. The summed E-state index contributed by atoms with van der Waals surface area (Å²) in [6.07, 6.45) is 2.99. The zero-order valence-electron chi connectivity index (χ0n) is 20.3. The monoisotopic (exact) mass is 552 g/mol. The Labute approximate surface area is 218 Å². The first-order chi connectivity index (χ1) is 17.3. The highest BCUT2D eigenvalue weighted by molar-refractivity contribution is 9.10. The Hall–Kier alpha value is -3.00. The van der Waals surface area contributed by atoms with Gasteiger partial charge in [-0.2, -0.15) is 0 Å². The minimum absolute atomic E-state index is 0.151. The summed E-state index contributed by atoms with van der Waals surface area (Å²) in [4.78, 5) is 53.9. The number of anilines is 1. The number of rotatable bonds is 7. The molecule has 1 aliphatic heterocycles. The second kappa shape index (κ2) is 9.81. The molecule has 2 saturated carbocycles. The average molecular weight is 553 g/mol. The van der Waals surface area contributed by atoms with Gasteiger partial charge in [0, 0.05) is 16.6 Å². The maximum Gasteiger partial charge on any atom is 0.330 e. The van der Waals surface area contributed by atoms with E-state index >= 15 is 0 Å². The van der Waals surface area contributed by atoms with Crippen molar-refractivity contribution in [2.45, 2.75) is 45.6 Å². The molecule has 1 N–H and O–H groups in total. The van der Waals surface area contributed by atoms with Crippen molar-refractivity contribution in [2.24, 2.45) is 23.7 Å². The summed E-state index contributed by atoms with van der Waals surface area (Å²) in [5.74, 6) is -1.96. The molecule has 2 aromatic carbocycles. The summed E-state index contributed by atoms with van der Waals surface area (Å²) in [5, 5.41) is 2.78. The fourth-order valence-corrected chi connectivity index (χ4v) is 6.63. The van der Waals surface area contributed by atoms with Crippen LogP contribution in [0.3, 0.4) is 0 Å². The standard InChI is InChI=1S/C28H29BrN2O5/c1-15-16(2)21(11-10-20(15)29)30-23(32)14-36-28(35)22(12-17-6-4-3-5-7-17)31-26(33)24-18-8-9-19(13-18)25(24)27(31)34/h3-7,10-11,18-19,22,24-25H,8-9,12-14H2,1-2H3,(H,30,32)/t18-,19-,22+,24-,25+/m0/s1. The van der Waals surface area contributed by atoms with E-state index in [1.807, 2.05) is 50.2 Å². The fraction of sp³-hybridized carbons (Fsp3) is 0.429. The Balaban J connectivity index is 1.32.